The van der Waals surface area contributed by atoms with Crippen molar-refractivity contribution in [1.29, 1.82) is 0 Å². The Hall–Kier alpha value is -1.52. The Labute approximate surface area is 127 Å². The number of aliphatic carboxylic acids is 1. The van der Waals surface area contributed by atoms with E-state index in [1.807, 2.05) is 6.92 Å². The fraction of sp³-hybridized carbons (Fsp3) is 0.286. The van der Waals surface area contributed by atoms with E-state index in [-0.39, 0.29) is 18.4 Å². The van der Waals surface area contributed by atoms with E-state index in [1.165, 1.54) is 6.08 Å². The van der Waals surface area contributed by atoms with Crippen molar-refractivity contribution in [3.8, 4) is 0 Å². The van der Waals surface area contributed by atoms with E-state index in [4.69, 9.17) is 28.3 Å². The van der Waals surface area contributed by atoms with Crippen LogP contribution in [0.15, 0.2) is 24.3 Å². The van der Waals surface area contributed by atoms with Crippen molar-refractivity contribution in [2.75, 3.05) is 0 Å². The molecule has 0 aliphatic heterocycles. The van der Waals surface area contributed by atoms with Gasteiger partial charge in [-0.25, -0.2) is 0 Å². The normalized spacial score (nSPS) is 12.3. The number of carboxylic acids is 1. The number of hydrogen-bond donors (Lipinski definition) is 2. The molecule has 0 radical (unpaired) electrons. The van der Waals surface area contributed by atoms with E-state index in [0.29, 0.717) is 22.0 Å². The first kappa shape index (κ1) is 16.5. The number of rotatable bonds is 6. The minimum Gasteiger partial charge on any atom is -0.481 e. The second kappa shape index (κ2) is 7.92. The van der Waals surface area contributed by atoms with Crippen LogP contribution in [-0.2, 0) is 9.59 Å². The summed E-state index contributed by atoms with van der Waals surface area (Å²) in [4.78, 5) is 22.3. The zero-order chi connectivity index (χ0) is 15.1. The van der Waals surface area contributed by atoms with Gasteiger partial charge in [-0.2, -0.15) is 0 Å². The first-order chi connectivity index (χ1) is 9.42. The van der Waals surface area contributed by atoms with Gasteiger partial charge in [-0.3, -0.25) is 9.59 Å². The maximum atomic E-state index is 11.7. The maximum absolute atomic E-state index is 11.7. The molecule has 0 heterocycles. The molecule has 0 saturated carbocycles. The number of amides is 1. The first-order valence-corrected chi connectivity index (χ1v) is 6.83. The van der Waals surface area contributed by atoms with E-state index in [9.17, 15) is 9.59 Å². The van der Waals surface area contributed by atoms with E-state index in [1.54, 1.807) is 24.3 Å². The van der Waals surface area contributed by atoms with Crippen LogP contribution in [0.5, 0.6) is 0 Å². The summed E-state index contributed by atoms with van der Waals surface area (Å²) in [5.41, 5.74) is 0.664. The molecule has 0 saturated heterocycles. The van der Waals surface area contributed by atoms with Crippen LogP contribution in [0.25, 0.3) is 6.08 Å². The minimum absolute atomic E-state index is 0.0994. The Morgan fingerprint density at radius 3 is 2.65 bits per heavy atom. The molecule has 1 atom stereocenters. The standard InChI is InChI=1S/C14H15Cl2NO3/c1-2-11(8-14(19)20)17-13(18)6-4-9-3-5-10(15)7-12(9)16/h3-7,11H,2,8H2,1H3,(H,17,18)(H,19,20)/b6-4+. The zero-order valence-electron chi connectivity index (χ0n) is 10.9. The van der Waals surface area contributed by atoms with Gasteiger partial charge >= 0.3 is 5.97 Å². The highest BCUT2D eigenvalue weighted by atomic mass is 35.5. The molecule has 0 spiro atoms. The molecule has 1 amide bonds. The molecule has 108 valence electrons. The molecule has 1 rings (SSSR count). The van der Waals surface area contributed by atoms with E-state index < -0.39 is 5.97 Å². The van der Waals surface area contributed by atoms with Crippen molar-refractivity contribution in [2.45, 2.75) is 25.8 Å². The lowest BCUT2D eigenvalue weighted by atomic mass is 10.1. The van der Waals surface area contributed by atoms with Crippen molar-refractivity contribution in [3.05, 3.63) is 39.9 Å². The summed E-state index contributed by atoms with van der Waals surface area (Å²) in [5.74, 6) is -1.30. The highest BCUT2D eigenvalue weighted by Gasteiger charge is 2.12. The van der Waals surface area contributed by atoms with E-state index in [2.05, 4.69) is 5.32 Å². The van der Waals surface area contributed by atoms with Gasteiger partial charge in [0.15, 0.2) is 0 Å². The lowest BCUT2D eigenvalue weighted by Gasteiger charge is -2.12. The van der Waals surface area contributed by atoms with Crippen LogP contribution >= 0.6 is 23.2 Å². The second-order valence-electron chi connectivity index (χ2n) is 4.21. The summed E-state index contributed by atoms with van der Waals surface area (Å²) in [5, 5.41) is 12.3. The van der Waals surface area contributed by atoms with E-state index >= 15 is 0 Å². The molecular formula is C14H15Cl2NO3. The molecule has 2 N–H and O–H groups in total. The number of nitrogens with one attached hydrogen (secondary N) is 1. The smallest absolute Gasteiger partial charge is 0.305 e. The van der Waals surface area contributed by atoms with Crippen LogP contribution in [-0.4, -0.2) is 23.0 Å². The molecule has 20 heavy (non-hydrogen) atoms. The summed E-state index contributed by atoms with van der Waals surface area (Å²) in [6, 6.07) is 4.57. The average molecular weight is 316 g/mol. The summed E-state index contributed by atoms with van der Waals surface area (Å²) < 4.78 is 0. The van der Waals surface area contributed by atoms with Crippen LogP contribution < -0.4 is 5.32 Å². The maximum Gasteiger partial charge on any atom is 0.305 e. The first-order valence-electron chi connectivity index (χ1n) is 6.07. The fourth-order valence-corrected chi connectivity index (χ4v) is 2.03. The highest BCUT2D eigenvalue weighted by molar-refractivity contribution is 6.35. The number of benzene rings is 1. The largest absolute Gasteiger partial charge is 0.481 e. The summed E-state index contributed by atoms with van der Waals surface area (Å²) >= 11 is 11.7. The summed E-state index contributed by atoms with van der Waals surface area (Å²) in [6.45, 7) is 1.81. The lowest BCUT2D eigenvalue weighted by molar-refractivity contribution is -0.137. The average Bonchev–Trinajstić information content (AvgIpc) is 2.36. The zero-order valence-corrected chi connectivity index (χ0v) is 12.4. The van der Waals surface area contributed by atoms with Gasteiger partial charge in [0.2, 0.25) is 5.91 Å². The Morgan fingerprint density at radius 2 is 2.10 bits per heavy atom. The Bertz CT molecular complexity index is 529. The fourth-order valence-electron chi connectivity index (χ4n) is 1.56. The molecule has 6 heteroatoms. The van der Waals surface area contributed by atoms with Crippen LogP contribution in [0.4, 0.5) is 0 Å². The number of halogens is 2. The van der Waals surface area contributed by atoms with Gasteiger partial charge in [0.25, 0.3) is 0 Å². The van der Waals surface area contributed by atoms with Gasteiger partial charge in [0.1, 0.15) is 0 Å². The molecule has 0 aliphatic rings. The lowest BCUT2D eigenvalue weighted by Crippen LogP contribution is -2.34. The molecule has 1 aromatic carbocycles. The highest BCUT2D eigenvalue weighted by Crippen LogP contribution is 2.21. The van der Waals surface area contributed by atoms with Gasteiger partial charge in [-0.05, 0) is 30.2 Å². The van der Waals surface area contributed by atoms with Crippen LogP contribution in [0.1, 0.15) is 25.3 Å². The van der Waals surface area contributed by atoms with Gasteiger partial charge in [0.05, 0.1) is 6.42 Å². The van der Waals surface area contributed by atoms with Gasteiger partial charge in [-0.1, -0.05) is 36.2 Å². The second-order valence-corrected chi connectivity index (χ2v) is 5.05. The topological polar surface area (TPSA) is 66.4 Å². The van der Waals surface area contributed by atoms with Gasteiger partial charge < -0.3 is 10.4 Å². The Balaban J connectivity index is 2.65. The monoisotopic (exact) mass is 315 g/mol. The molecule has 0 bridgehead atoms. The predicted octanol–water partition coefficient (Wildman–Crippen LogP) is 3.38. The van der Waals surface area contributed by atoms with Crippen LogP contribution in [0.2, 0.25) is 10.0 Å². The number of carbonyl (C=O) groups is 2. The number of carboxylic acid groups (broad SMARTS) is 1. The summed E-state index contributed by atoms with van der Waals surface area (Å²) in [6.07, 6.45) is 3.33. The predicted molar refractivity (Wildman–Crippen MR) is 80.0 cm³/mol. The van der Waals surface area contributed by atoms with Gasteiger partial charge in [0, 0.05) is 22.2 Å². The molecule has 0 aromatic heterocycles. The van der Waals surface area contributed by atoms with E-state index in [0.717, 1.165) is 0 Å². The Kier molecular flexibility index (Phi) is 6.55. The third kappa shape index (κ3) is 5.63. The third-order valence-corrected chi connectivity index (χ3v) is 3.20. The van der Waals surface area contributed by atoms with Crippen LogP contribution in [0, 0.1) is 0 Å². The third-order valence-electron chi connectivity index (χ3n) is 2.64. The number of carbonyl (C=O) groups excluding carboxylic acids is 1. The van der Waals surface area contributed by atoms with Crippen molar-refractivity contribution in [3.63, 3.8) is 0 Å². The molecule has 1 aromatic rings. The summed E-state index contributed by atoms with van der Waals surface area (Å²) in [7, 11) is 0. The SMILES string of the molecule is CCC(CC(=O)O)NC(=O)/C=C/c1ccc(Cl)cc1Cl. The van der Waals surface area contributed by atoms with Gasteiger partial charge in [-0.15, -0.1) is 0 Å². The minimum atomic E-state index is -0.943. The van der Waals surface area contributed by atoms with Crippen molar-refractivity contribution >= 4 is 41.2 Å². The molecule has 1 unspecified atom stereocenters. The van der Waals surface area contributed by atoms with Crippen molar-refractivity contribution in [2.24, 2.45) is 0 Å². The van der Waals surface area contributed by atoms with Crippen LogP contribution in [0.3, 0.4) is 0 Å². The molecule has 0 aliphatic carbocycles. The number of hydrogen-bond acceptors (Lipinski definition) is 2. The van der Waals surface area contributed by atoms with Crippen molar-refractivity contribution in [1.82, 2.24) is 5.32 Å². The van der Waals surface area contributed by atoms with Crippen molar-refractivity contribution < 1.29 is 14.7 Å². The molecule has 0 fully saturated rings. The quantitative estimate of drug-likeness (QED) is 0.791. The molecular weight excluding hydrogens is 301 g/mol. The Morgan fingerprint density at radius 1 is 1.40 bits per heavy atom. The molecule has 4 nitrogen and oxygen atoms in total.